The van der Waals surface area contributed by atoms with Gasteiger partial charge in [-0.3, -0.25) is 10.1 Å². The molecule has 0 aliphatic carbocycles. The van der Waals surface area contributed by atoms with Gasteiger partial charge >= 0.3 is 6.03 Å². The van der Waals surface area contributed by atoms with E-state index in [4.69, 9.17) is 0 Å². The molecule has 0 aliphatic heterocycles. The van der Waals surface area contributed by atoms with Crippen LogP contribution < -0.4 is 16.0 Å². The summed E-state index contributed by atoms with van der Waals surface area (Å²) in [5.74, 6) is -0.366. The van der Waals surface area contributed by atoms with E-state index < -0.39 is 12.1 Å². The summed E-state index contributed by atoms with van der Waals surface area (Å²) in [5.41, 5.74) is 3.12. The summed E-state index contributed by atoms with van der Waals surface area (Å²) in [7, 11) is 1.46. The number of amides is 3. The summed E-state index contributed by atoms with van der Waals surface area (Å²) in [4.78, 5) is 22.7. The normalized spacial score (nSPS) is 11.6. The van der Waals surface area contributed by atoms with Gasteiger partial charge in [0.15, 0.2) is 0 Å². The molecular weight excluding hydrogens is 230 g/mol. The lowest BCUT2D eigenvalue weighted by atomic mass is 10.1. The Morgan fingerprint density at radius 2 is 1.89 bits per heavy atom. The maximum absolute atomic E-state index is 11.7. The SMILES string of the molecule is CNC(=O)NC(=O)[C@@H](C)Nc1ccc(C)cc1C. The first-order valence-electron chi connectivity index (χ1n) is 5.80. The van der Waals surface area contributed by atoms with Crippen molar-refractivity contribution in [2.24, 2.45) is 0 Å². The summed E-state index contributed by atoms with van der Waals surface area (Å²) in [5, 5.41) is 7.64. The molecule has 1 aromatic carbocycles. The van der Waals surface area contributed by atoms with E-state index >= 15 is 0 Å². The molecule has 98 valence electrons. The van der Waals surface area contributed by atoms with Crippen LogP contribution in [0.25, 0.3) is 0 Å². The van der Waals surface area contributed by atoms with Gasteiger partial charge in [0.25, 0.3) is 0 Å². The Bertz CT molecular complexity index is 458. The van der Waals surface area contributed by atoms with Gasteiger partial charge in [0, 0.05) is 12.7 Å². The van der Waals surface area contributed by atoms with E-state index in [1.807, 2.05) is 32.0 Å². The largest absolute Gasteiger partial charge is 0.374 e. The highest BCUT2D eigenvalue weighted by Gasteiger charge is 2.15. The Balaban J connectivity index is 2.66. The fourth-order valence-electron chi connectivity index (χ4n) is 1.56. The molecule has 1 atom stereocenters. The predicted molar refractivity (Wildman–Crippen MR) is 71.6 cm³/mol. The highest BCUT2D eigenvalue weighted by molar-refractivity contribution is 5.97. The summed E-state index contributed by atoms with van der Waals surface area (Å²) in [6, 6.07) is 4.94. The number of benzene rings is 1. The summed E-state index contributed by atoms with van der Waals surface area (Å²) in [6.45, 7) is 5.69. The minimum Gasteiger partial charge on any atom is -0.374 e. The summed E-state index contributed by atoms with van der Waals surface area (Å²) in [6.07, 6.45) is 0. The molecule has 0 heterocycles. The zero-order valence-electron chi connectivity index (χ0n) is 11.1. The molecule has 0 fully saturated rings. The quantitative estimate of drug-likeness (QED) is 0.761. The molecule has 5 heteroatoms. The number of hydrogen-bond acceptors (Lipinski definition) is 3. The van der Waals surface area contributed by atoms with Gasteiger partial charge in [-0.2, -0.15) is 0 Å². The molecule has 0 unspecified atom stereocenters. The average Bonchev–Trinajstić information content (AvgIpc) is 2.32. The Labute approximate surface area is 107 Å². The lowest BCUT2D eigenvalue weighted by Crippen LogP contribution is -2.44. The molecule has 5 nitrogen and oxygen atoms in total. The zero-order chi connectivity index (χ0) is 13.7. The Kier molecular flexibility index (Phi) is 4.71. The highest BCUT2D eigenvalue weighted by Crippen LogP contribution is 2.16. The number of urea groups is 1. The average molecular weight is 249 g/mol. The zero-order valence-corrected chi connectivity index (χ0v) is 11.1. The number of carbonyl (C=O) groups is 2. The number of aryl methyl sites for hydroxylation is 2. The van der Waals surface area contributed by atoms with Crippen molar-refractivity contribution < 1.29 is 9.59 Å². The summed E-state index contributed by atoms with van der Waals surface area (Å²) >= 11 is 0. The molecule has 0 bridgehead atoms. The van der Waals surface area contributed by atoms with Crippen LogP contribution in [0.1, 0.15) is 18.1 Å². The third-order valence-corrected chi connectivity index (χ3v) is 2.61. The molecule has 0 spiro atoms. The lowest BCUT2D eigenvalue weighted by molar-refractivity contribution is -0.120. The van der Waals surface area contributed by atoms with E-state index in [2.05, 4.69) is 16.0 Å². The van der Waals surface area contributed by atoms with Crippen LogP contribution in [0.5, 0.6) is 0 Å². The standard InChI is InChI=1S/C13H19N3O2/c1-8-5-6-11(9(2)7-8)15-10(3)12(17)16-13(18)14-4/h5-7,10,15H,1-4H3,(H2,14,16,17,18)/t10-/m1/s1. The third-order valence-electron chi connectivity index (χ3n) is 2.61. The van der Waals surface area contributed by atoms with Gasteiger partial charge in [-0.1, -0.05) is 17.7 Å². The van der Waals surface area contributed by atoms with Crippen LogP contribution in [0.3, 0.4) is 0 Å². The van der Waals surface area contributed by atoms with Crippen molar-refractivity contribution in [3.63, 3.8) is 0 Å². The van der Waals surface area contributed by atoms with Crippen LogP contribution in [0.2, 0.25) is 0 Å². The van der Waals surface area contributed by atoms with E-state index in [0.717, 1.165) is 11.3 Å². The van der Waals surface area contributed by atoms with E-state index in [-0.39, 0.29) is 5.91 Å². The minimum absolute atomic E-state index is 0.366. The van der Waals surface area contributed by atoms with E-state index in [1.165, 1.54) is 12.6 Å². The lowest BCUT2D eigenvalue weighted by Gasteiger charge is -2.16. The fourth-order valence-corrected chi connectivity index (χ4v) is 1.56. The first-order valence-corrected chi connectivity index (χ1v) is 5.80. The Morgan fingerprint density at radius 3 is 2.44 bits per heavy atom. The fraction of sp³-hybridized carbons (Fsp3) is 0.385. The monoisotopic (exact) mass is 249 g/mol. The maximum atomic E-state index is 11.7. The van der Waals surface area contributed by atoms with E-state index in [0.29, 0.717) is 0 Å². The second kappa shape index (κ2) is 6.05. The second-order valence-electron chi connectivity index (χ2n) is 4.25. The van der Waals surface area contributed by atoms with Crippen molar-refractivity contribution in [1.29, 1.82) is 0 Å². The highest BCUT2D eigenvalue weighted by atomic mass is 16.2. The first-order chi connectivity index (χ1) is 8.43. The Hall–Kier alpha value is -2.04. The Morgan fingerprint density at radius 1 is 1.22 bits per heavy atom. The number of nitrogens with one attached hydrogen (secondary N) is 3. The molecule has 0 aromatic heterocycles. The van der Waals surface area contributed by atoms with Crippen LogP contribution >= 0.6 is 0 Å². The van der Waals surface area contributed by atoms with E-state index in [1.54, 1.807) is 6.92 Å². The molecular formula is C13H19N3O2. The number of rotatable bonds is 3. The van der Waals surface area contributed by atoms with Crippen molar-refractivity contribution in [1.82, 2.24) is 10.6 Å². The molecule has 0 saturated carbocycles. The van der Waals surface area contributed by atoms with Crippen molar-refractivity contribution in [3.8, 4) is 0 Å². The molecule has 3 amide bonds. The van der Waals surface area contributed by atoms with Crippen LogP contribution in [0, 0.1) is 13.8 Å². The molecule has 3 N–H and O–H groups in total. The predicted octanol–water partition coefficient (Wildman–Crippen LogP) is 1.56. The molecule has 1 rings (SSSR count). The number of carbonyl (C=O) groups excluding carboxylic acids is 2. The van der Waals surface area contributed by atoms with Gasteiger partial charge < -0.3 is 10.6 Å². The van der Waals surface area contributed by atoms with Gasteiger partial charge in [-0.05, 0) is 32.4 Å². The van der Waals surface area contributed by atoms with Crippen molar-refractivity contribution in [2.45, 2.75) is 26.8 Å². The third kappa shape index (κ3) is 3.76. The van der Waals surface area contributed by atoms with Crippen LogP contribution in [0.15, 0.2) is 18.2 Å². The molecule has 0 aliphatic rings. The van der Waals surface area contributed by atoms with E-state index in [9.17, 15) is 9.59 Å². The minimum atomic E-state index is -0.505. The molecule has 0 radical (unpaired) electrons. The second-order valence-corrected chi connectivity index (χ2v) is 4.25. The topological polar surface area (TPSA) is 70.2 Å². The van der Waals surface area contributed by atoms with Crippen molar-refractivity contribution in [3.05, 3.63) is 29.3 Å². The van der Waals surface area contributed by atoms with Crippen molar-refractivity contribution in [2.75, 3.05) is 12.4 Å². The van der Waals surface area contributed by atoms with Crippen molar-refractivity contribution >= 4 is 17.6 Å². The number of hydrogen-bond donors (Lipinski definition) is 3. The van der Waals surface area contributed by atoms with Crippen LogP contribution in [-0.4, -0.2) is 25.0 Å². The van der Waals surface area contributed by atoms with Gasteiger partial charge in [0.2, 0.25) is 5.91 Å². The van der Waals surface area contributed by atoms with Gasteiger partial charge in [0.1, 0.15) is 6.04 Å². The van der Waals surface area contributed by atoms with Crippen LogP contribution in [-0.2, 0) is 4.79 Å². The van der Waals surface area contributed by atoms with Gasteiger partial charge in [-0.25, -0.2) is 4.79 Å². The smallest absolute Gasteiger partial charge is 0.321 e. The van der Waals surface area contributed by atoms with Crippen LogP contribution in [0.4, 0.5) is 10.5 Å². The van der Waals surface area contributed by atoms with Gasteiger partial charge in [0.05, 0.1) is 0 Å². The maximum Gasteiger partial charge on any atom is 0.321 e. The molecule has 0 saturated heterocycles. The number of imide groups is 1. The number of anilines is 1. The first kappa shape index (κ1) is 14.0. The summed E-state index contributed by atoms with van der Waals surface area (Å²) < 4.78 is 0. The molecule has 18 heavy (non-hydrogen) atoms. The van der Waals surface area contributed by atoms with Gasteiger partial charge in [-0.15, -0.1) is 0 Å². The molecule has 1 aromatic rings.